The first-order chi connectivity index (χ1) is 13.7. The van der Waals surface area contributed by atoms with Crippen molar-refractivity contribution >= 4 is 29.9 Å². The number of rotatable bonds is 7. The predicted octanol–water partition coefficient (Wildman–Crippen LogP) is 3.19. The average Bonchev–Trinajstić information content (AvgIpc) is 3.05. The van der Waals surface area contributed by atoms with Crippen molar-refractivity contribution in [3.05, 3.63) is 71.4 Å². The van der Waals surface area contributed by atoms with Gasteiger partial charge in [0, 0.05) is 43.3 Å². The number of guanidine groups is 1. The van der Waals surface area contributed by atoms with E-state index in [1.165, 1.54) is 0 Å². The zero-order valence-electron chi connectivity index (χ0n) is 17.1. The summed E-state index contributed by atoms with van der Waals surface area (Å²) in [5.41, 5.74) is 4.17. The Kier molecular flexibility index (Phi) is 9.04. The molecule has 0 atom stereocenters. The zero-order valence-corrected chi connectivity index (χ0v) is 19.4. The minimum atomic E-state index is 0. The van der Waals surface area contributed by atoms with Crippen molar-refractivity contribution in [2.75, 3.05) is 13.1 Å². The molecule has 8 heteroatoms. The number of aromatic nitrogens is 4. The lowest BCUT2D eigenvalue weighted by molar-refractivity contribution is 0.786. The molecule has 0 spiro atoms. The van der Waals surface area contributed by atoms with Gasteiger partial charge < -0.3 is 10.6 Å². The Balaban J connectivity index is 0.00000300. The number of pyridine rings is 2. The highest BCUT2D eigenvalue weighted by atomic mass is 127. The van der Waals surface area contributed by atoms with Gasteiger partial charge in [0.2, 0.25) is 0 Å². The molecule has 0 radical (unpaired) electrons. The van der Waals surface area contributed by atoms with Crippen LogP contribution in [0.5, 0.6) is 0 Å². The molecule has 0 unspecified atom stereocenters. The molecule has 0 saturated heterocycles. The van der Waals surface area contributed by atoms with Crippen molar-refractivity contribution in [3.8, 4) is 5.82 Å². The van der Waals surface area contributed by atoms with Gasteiger partial charge in [0.15, 0.2) is 11.8 Å². The lowest BCUT2D eigenvalue weighted by Gasteiger charge is -2.11. The third-order valence-corrected chi connectivity index (χ3v) is 4.20. The van der Waals surface area contributed by atoms with Crippen molar-refractivity contribution in [2.45, 2.75) is 33.7 Å². The van der Waals surface area contributed by atoms with Crippen LogP contribution in [0.2, 0.25) is 0 Å². The lowest BCUT2D eigenvalue weighted by atomic mass is 10.3. The molecule has 29 heavy (non-hydrogen) atoms. The van der Waals surface area contributed by atoms with E-state index in [-0.39, 0.29) is 24.0 Å². The quantitative estimate of drug-likeness (QED) is 0.293. The number of aliphatic imine (C=N–C) groups is 1. The molecule has 0 fully saturated rings. The molecule has 0 aliphatic heterocycles. The van der Waals surface area contributed by atoms with Crippen molar-refractivity contribution < 1.29 is 0 Å². The van der Waals surface area contributed by atoms with Gasteiger partial charge in [0.05, 0.1) is 12.2 Å². The van der Waals surface area contributed by atoms with Crippen LogP contribution in [0.1, 0.15) is 29.6 Å². The summed E-state index contributed by atoms with van der Waals surface area (Å²) in [6, 6.07) is 12.0. The van der Waals surface area contributed by atoms with Gasteiger partial charge in [0.25, 0.3) is 0 Å². The molecule has 7 nitrogen and oxygen atoms in total. The molecule has 0 amide bonds. The molecule has 0 aliphatic rings. The molecule has 3 heterocycles. The van der Waals surface area contributed by atoms with Crippen LogP contribution in [-0.2, 0) is 13.0 Å². The summed E-state index contributed by atoms with van der Waals surface area (Å²) in [4.78, 5) is 13.5. The highest BCUT2D eigenvalue weighted by Crippen LogP contribution is 2.10. The second-order valence-corrected chi connectivity index (χ2v) is 6.56. The van der Waals surface area contributed by atoms with Crippen LogP contribution in [0.25, 0.3) is 5.82 Å². The van der Waals surface area contributed by atoms with Gasteiger partial charge in [0.1, 0.15) is 0 Å². The van der Waals surface area contributed by atoms with Crippen LogP contribution in [-0.4, -0.2) is 38.8 Å². The molecule has 3 aromatic rings. The summed E-state index contributed by atoms with van der Waals surface area (Å²) in [5, 5.41) is 11.1. The van der Waals surface area contributed by atoms with Crippen LogP contribution in [0.3, 0.4) is 0 Å². The summed E-state index contributed by atoms with van der Waals surface area (Å²) >= 11 is 0. The minimum absolute atomic E-state index is 0. The number of hydrogen-bond donors (Lipinski definition) is 2. The summed E-state index contributed by atoms with van der Waals surface area (Å²) in [5.74, 6) is 1.61. The first kappa shape index (κ1) is 22.8. The number of nitrogens with one attached hydrogen (secondary N) is 2. The molecular formula is C21H28IN7. The summed E-state index contributed by atoms with van der Waals surface area (Å²) < 4.78 is 1.85. The van der Waals surface area contributed by atoms with Crippen LogP contribution in [0.4, 0.5) is 0 Å². The first-order valence-corrected chi connectivity index (χ1v) is 9.56. The van der Waals surface area contributed by atoms with E-state index in [0.29, 0.717) is 6.54 Å². The van der Waals surface area contributed by atoms with Crippen LogP contribution in [0, 0.1) is 13.8 Å². The Morgan fingerprint density at radius 1 is 1.10 bits per heavy atom. The Hall–Kier alpha value is -2.49. The van der Waals surface area contributed by atoms with Gasteiger partial charge in [-0.25, -0.2) is 14.7 Å². The maximum Gasteiger partial charge on any atom is 0.191 e. The molecule has 0 aliphatic carbocycles. The largest absolute Gasteiger partial charge is 0.357 e. The predicted molar refractivity (Wildman–Crippen MR) is 127 cm³/mol. The van der Waals surface area contributed by atoms with Crippen LogP contribution >= 0.6 is 24.0 Å². The van der Waals surface area contributed by atoms with Gasteiger partial charge >= 0.3 is 0 Å². The zero-order chi connectivity index (χ0) is 19.8. The van der Waals surface area contributed by atoms with E-state index < -0.39 is 0 Å². The summed E-state index contributed by atoms with van der Waals surface area (Å²) in [6.45, 7) is 8.21. The Morgan fingerprint density at radius 2 is 1.97 bits per heavy atom. The third-order valence-electron chi connectivity index (χ3n) is 4.20. The van der Waals surface area contributed by atoms with Gasteiger partial charge in [-0.15, -0.1) is 24.0 Å². The average molecular weight is 505 g/mol. The topological polar surface area (TPSA) is 80.0 Å². The lowest BCUT2D eigenvalue weighted by Crippen LogP contribution is -2.38. The smallest absolute Gasteiger partial charge is 0.191 e. The van der Waals surface area contributed by atoms with E-state index in [9.17, 15) is 0 Å². The second kappa shape index (κ2) is 11.5. The normalized spacial score (nSPS) is 11.1. The van der Waals surface area contributed by atoms with Crippen LogP contribution < -0.4 is 10.6 Å². The van der Waals surface area contributed by atoms with E-state index >= 15 is 0 Å². The molecule has 0 saturated carbocycles. The summed E-state index contributed by atoms with van der Waals surface area (Å²) in [7, 11) is 0. The Labute approximate surface area is 189 Å². The number of halogens is 1. The highest BCUT2D eigenvalue weighted by molar-refractivity contribution is 14.0. The van der Waals surface area contributed by atoms with Gasteiger partial charge in [-0.1, -0.05) is 12.1 Å². The van der Waals surface area contributed by atoms with E-state index in [2.05, 4.69) is 37.6 Å². The van der Waals surface area contributed by atoms with Crippen LogP contribution in [0.15, 0.2) is 53.8 Å². The molecule has 3 aromatic heterocycles. The maximum absolute atomic E-state index is 4.65. The van der Waals surface area contributed by atoms with E-state index in [4.69, 9.17) is 0 Å². The fourth-order valence-electron chi connectivity index (χ4n) is 2.86. The molecule has 154 valence electrons. The van der Waals surface area contributed by atoms with E-state index in [0.717, 1.165) is 53.9 Å². The van der Waals surface area contributed by atoms with Crippen molar-refractivity contribution in [3.63, 3.8) is 0 Å². The maximum atomic E-state index is 4.65. The Morgan fingerprint density at radius 3 is 2.59 bits per heavy atom. The second-order valence-electron chi connectivity index (χ2n) is 6.56. The summed E-state index contributed by atoms with van der Waals surface area (Å²) in [6.07, 6.45) is 4.52. The number of nitrogens with zero attached hydrogens (tertiary/aromatic N) is 5. The SMILES string of the molecule is CCNC(=NCc1ccc(-n2nc(C)cc2C)nc1)NCCc1ccccn1.I. The first-order valence-electron chi connectivity index (χ1n) is 9.56. The van der Waals surface area contributed by atoms with Crippen molar-refractivity contribution in [2.24, 2.45) is 4.99 Å². The Bertz CT molecular complexity index is 905. The van der Waals surface area contributed by atoms with E-state index in [1.54, 1.807) is 0 Å². The van der Waals surface area contributed by atoms with E-state index in [1.807, 2.05) is 67.3 Å². The number of hydrogen-bond acceptors (Lipinski definition) is 4. The van der Waals surface area contributed by atoms with Crippen molar-refractivity contribution in [1.29, 1.82) is 0 Å². The molecule has 0 aromatic carbocycles. The number of aryl methyl sites for hydroxylation is 2. The monoisotopic (exact) mass is 505 g/mol. The molecule has 3 rings (SSSR count). The molecule has 2 N–H and O–H groups in total. The highest BCUT2D eigenvalue weighted by Gasteiger charge is 2.05. The standard InChI is InChI=1S/C21H27N7.HI/c1-4-22-21(24-12-10-19-7-5-6-11-23-19)26-15-18-8-9-20(25-14-18)28-17(3)13-16(2)27-28;/h5-9,11,13-14H,4,10,12,15H2,1-3H3,(H2,22,24,26);1H. The minimum Gasteiger partial charge on any atom is -0.357 e. The van der Waals surface area contributed by atoms with Crippen molar-refractivity contribution in [1.82, 2.24) is 30.4 Å². The fraction of sp³-hybridized carbons (Fsp3) is 0.333. The molecule has 0 bridgehead atoms. The van der Waals surface area contributed by atoms with Gasteiger partial charge in [-0.3, -0.25) is 4.98 Å². The van der Waals surface area contributed by atoms with Gasteiger partial charge in [-0.05, 0) is 50.6 Å². The third kappa shape index (κ3) is 6.81. The fourth-order valence-corrected chi connectivity index (χ4v) is 2.86. The molecular weight excluding hydrogens is 477 g/mol. The van der Waals surface area contributed by atoms with Gasteiger partial charge in [-0.2, -0.15) is 5.10 Å².